The molecule has 2 aromatic carbocycles. The number of aliphatic hydroxyl groups is 2. The van der Waals surface area contributed by atoms with Crippen LogP contribution in [0.1, 0.15) is 0 Å². The van der Waals surface area contributed by atoms with Crippen molar-refractivity contribution in [2.45, 2.75) is 12.6 Å². The highest BCUT2D eigenvalue weighted by molar-refractivity contribution is 5.83. The minimum Gasteiger partial charge on any atom is -0.491 e. The topological polar surface area (TPSA) is 129 Å². The quantitative estimate of drug-likeness (QED) is 0.315. The maximum atomic E-state index is 12.8. The summed E-state index contributed by atoms with van der Waals surface area (Å²) in [5.41, 5.74) is -0.598. The van der Waals surface area contributed by atoms with E-state index in [0.29, 0.717) is 31.3 Å². The molecule has 0 bridgehead atoms. The van der Waals surface area contributed by atoms with Crippen LogP contribution in [-0.2, 0) is 13.6 Å². The van der Waals surface area contributed by atoms with Gasteiger partial charge in [0.2, 0.25) is 5.95 Å². The van der Waals surface area contributed by atoms with E-state index < -0.39 is 17.4 Å². The highest BCUT2D eigenvalue weighted by atomic mass is 16.5. The third-order valence-corrected chi connectivity index (χ3v) is 6.61. The van der Waals surface area contributed by atoms with E-state index in [2.05, 4.69) is 14.9 Å². The number of imidazole rings is 1. The normalized spacial score (nSPS) is 15.6. The first-order chi connectivity index (χ1) is 17.4. The molecule has 3 N–H and O–H groups in total. The Morgan fingerprint density at radius 3 is 2.58 bits per heavy atom. The predicted octanol–water partition coefficient (Wildman–Crippen LogP) is 0.131. The van der Waals surface area contributed by atoms with E-state index in [4.69, 9.17) is 4.74 Å². The number of aromatic nitrogens is 4. The van der Waals surface area contributed by atoms with Crippen molar-refractivity contribution in [2.24, 2.45) is 7.05 Å². The van der Waals surface area contributed by atoms with Crippen molar-refractivity contribution in [1.82, 2.24) is 24.0 Å². The Hall–Kier alpha value is -3.67. The van der Waals surface area contributed by atoms with E-state index in [-0.39, 0.29) is 30.9 Å². The number of hydrogen-bond acceptors (Lipinski definition) is 8. The van der Waals surface area contributed by atoms with Crippen LogP contribution in [0, 0.1) is 0 Å². The summed E-state index contributed by atoms with van der Waals surface area (Å²) in [4.78, 5) is 36.1. The third-order valence-electron chi connectivity index (χ3n) is 6.61. The average Bonchev–Trinajstić information content (AvgIpc) is 3.26. The second kappa shape index (κ2) is 10.1. The minimum atomic E-state index is -0.931. The van der Waals surface area contributed by atoms with E-state index >= 15 is 0 Å². The van der Waals surface area contributed by atoms with Crippen molar-refractivity contribution in [3.05, 3.63) is 63.3 Å². The van der Waals surface area contributed by atoms with Crippen molar-refractivity contribution in [2.75, 3.05) is 50.8 Å². The van der Waals surface area contributed by atoms with Gasteiger partial charge in [0.15, 0.2) is 11.2 Å². The number of aromatic amines is 1. The van der Waals surface area contributed by atoms with Gasteiger partial charge in [-0.15, -0.1) is 0 Å². The summed E-state index contributed by atoms with van der Waals surface area (Å²) < 4.78 is 8.84. The Morgan fingerprint density at radius 2 is 1.83 bits per heavy atom. The lowest BCUT2D eigenvalue weighted by molar-refractivity contribution is 0.0935. The second-order valence-electron chi connectivity index (χ2n) is 9.04. The van der Waals surface area contributed by atoms with Gasteiger partial charge >= 0.3 is 5.69 Å². The molecule has 36 heavy (non-hydrogen) atoms. The molecule has 0 radical (unpaired) electrons. The number of hydrogen-bond donors (Lipinski definition) is 3. The van der Waals surface area contributed by atoms with E-state index in [9.17, 15) is 19.8 Å². The fourth-order valence-corrected chi connectivity index (χ4v) is 4.66. The van der Waals surface area contributed by atoms with Crippen LogP contribution in [0.3, 0.4) is 0 Å². The molecule has 1 aliphatic rings. The summed E-state index contributed by atoms with van der Waals surface area (Å²) in [7, 11) is 1.56. The Balaban J connectivity index is 1.40. The maximum absolute atomic E-state index is 12.8. The zero-order valence-corrected chi connectivity index (χ0v) is 20.1. The number of piperazine rings is 1. The average molecular weight is 495 g/mol. The molecule has 1 aliphatic heterocycles. The number of aliphatic hydroxyl groups excluding tert-OH is 2. The first-order valence-electron chi connectivity index (χ1n) is 12.0. The van der Waals surface area contributed by atoms with Gasteiger partial charge in [0.25, 0.3) is 5.56 Å². The van der Waals surface area contributed by atoms with Gasteiger partial charge in [-0.05, 0) is 22.9 Å². The molecule has 5 rings (SSSR count). The summed E-state index contributed by atoms with van der Waals surface area (Å²) in [6.45, 7) is 3.52. The number of ether oxygens (including phenoxy) is 1. The molecule has 0 aliphatic carbocycles. The van der Waals surface area contributed by atoms with Gasteiger partial charge < -0.3 is 24.4 Å². The molecule has 1 atom stereocenters. The number of anilines is 1. The molecule has 0 saturated carbocycles. The zero-order valence-electron chi connectivity index (χ0n) is 20.1. The maximum Gasteiger partial charge on any atom is 0.329 e. The molecule has 2 aromatic heterocycles. The van der Waals surface area contributed by atoms with E-state index in [1.165, 1.54) is 4.57 Å². The summed E-state index contributed by atoms with van der Waals surface area (Å²) in [5.74, 6) is 1.16. The molecule has 0 amide bonds. The molecule has 190 valence electrons. The molecule has 11 nitrogen and oxygen atoms in total. The van der Waals surface area contributed by atoms with Crippen LogP contribution < -0.4 is 20.9 Å². The van der Waals surface area contributed by atoms with E-state index in [1.807, 2.05) is 47.4 Å². The molecule has 0 unspecified atom stereocenters. The lowest BCUT2D eigenvalue weighted by Crippen LogP contribution is -2.48. The molecular weight excluding hydrogens is 464 g/mol. The summed E-state index contributed by atoms with van der Waals surface area (Å²) >= 11 is 0. The number of fused-ring (bicyclic) bond motifs is 2. The van der Waals surface area contributed by atoms with Gasteiger partial charge in [0.05, 0.1) is 13.2 Å². The highest BCUT2D eigenvalue weighted by Gasteiger charge is 2.26. The molecule has 11 heteroatoms. The minimum absolute atomic E-state index is 0.0192. The van der Waals surface area contributed by atoms with Gasteiger partial charge in [-0.25, -0.2) is 4.79 Å². The Bertz CT molecular complexity index is 1480. The van der Waals surface area contributed by atoms with Crippen molar-refractivity contribution < 1.29 is 14.9 Å². The van der Waals surface area contributed by atoms with Crippen molar-refractivity contribution in [3.63, 3.8) is 0 Å². The SMILES string of the molecule is Cn1c(=O)[nH]c(=O)c2c1nc(N1CCN(CCO)CC1)n2C[C@@H](O)COc1ccc2ccccc2c1. The van der Waals surface area contributed by atoms with Crippen LogP contribution in [0.5, 0.6) is 5.75 Å². The smallest absolute Gasteiger partial charge is 0.329 e. The van der Waals surface area contributed by atoms with Gasteiger partial charge in [-0.2, -0.15) is 4.98 Å². The number of nitrogens with one attached hydrogen (secondary N) is 1. The third kappa shape index (κ3) is 4.72. The summed E-state index contributed by atoms with van der Waals surface area (Å²) in [6, 6.07) is 13.7. The Kier molecular flexibility index (Phi) is 6.77. The molecule has 4 aromatic rings. The Labute approximate surface area is 206 Å². The largest absolute Gasteiger partial charge is 0.491 e. The van der Waals surface area contributed by atoms with Gasteiger partial charge in [-0.3, -0.25) is 19.2 Å². The molecule has 3 heterocycles. The Morgan fingerprint density at radius 1 is 1.08 bits per heavy atom. The fraction of sp³-hybridized carbons (Fsp3) is 0.400. The number of nitrogens with zero attached hydrogens (tertiary/aromatic N) is 5. The summed E-state index contributed by atoms with van der Waals surface area (Å²) in [5, 5.41) is 22.3. The first-order valence-corrected chi connectivity index (χ1v) is 12.0. The number of rotatable bonds is 8. The predicted molar refractivity (Wildman–Crippen MR) is 137 cm³/mol. The fourth-order valence-electron chi connectivity index (χ4n) is 4.66. The molecule has 1 fully saturated rings. The number of H-pyrrole nitrogens is 1. The molecular formula is C25H30N6O5. The first kappa shape index (κ1) is 24.0. The monoisotopic (exact) mass is 494 g/mol. The van der Waals surface area contributed by atoms with Crippen molar-refractivity contribution in [3.8, 4) is 5.75 Å². The molecule has 0 spiro atoms. The van der Waals surface area contributed by atoms with Crippen molar-refractivity contribution in [1.29, 1.82) is 0 Å². The van der Waals surface area contributed by atoms with Crippen LogP contribution in [0.25, 0.3) is 21.9 Å². The van der Waals surface area contributed by atoms with Crippen LogP contribution in [0.4, 0.5) is 5.95 Å². The number of benzene rings is 2. The van der Waals surface area contributed by atoms with Crippen LogP contribution in [0.2, 0.25) is 0 Å². The second-order valence-corrected chi connectivity index (χ2v) is 9.04. The van der Waals surface area contributed by atoms with E-state index in [1.54, 1.807) is 11.6 Å². The van der Waals surface area contributed by atoms with Gasteiger partial charge in [-0.1, -0.05) is 30.3 Å². The van der Waals surface area contributed by atoms with Crippen LogP contribution >= 0.6 is 0 Å². The standard InChI is InChI=1S/C25H30N6O5/c1-28-22-21(23(34)27-25(28)35)31(24(26-22)30-10-8-29(9-11-30)12-13-32)15-19(33)16-36-20-7-6-17-4-2-3-5-18(17)14-20/h2-7,14,19,32-33H,8-13,15-16H2,1H3,(H,27,34,35)/t19-/m1/s1. The van der Waals surface area contributed by atoms with E-state index in [0.717, 1.165) is 23.9 Å². The van der Waals surface area contributed by atoms with Crippen LogP contribution in [0.15, 0.2) is 52.1 Å². The van der Waals surface area contributed by atoms with Crippen molar-refractivity contribution >= 4 is 27.9 Å². The zero-order chi connectivity index (χ0) is 25.2. The number of β-amino-alcohol motifs (C(OH)–C–C–N with tert-alkyl or cyclic N) is 1. The number of aryl methyl sites for hydroxylation is 1. The summed E-state index contributed by atoms with van der Waals surface area (Å²) in [6.07, 6.45) is -0.931. The molecule has 1 saturated heterocycles. The highest BCUT2D eigenvalue weighted by Crippen LogP contribution is 2.23. The van der Waals surface area contributed by atoms with Crippen LogP contribution in [-0.4, -0.2) is 86.3 Å². The van der Waals surface area contributed by atoms with Gasteiger partial charge in [0, 0.05) is 39.8 Å². The van der Waals surface area contributed by atoms with Gasteiger partial charge in [0.1, 0.15) is 18.5 Å². The lowest BCUT2D eigenvalue weighted by Gasteiger charge is -2.35. The lowest BCUT2D eigenvalue weighted by atomic mass is 10.1.